The summed E-state index contributed by atoms with van der Waals surface area (Å²) < 4.78 is 11.4. The summed E-state index contributed by atoms with van der Waals surface area (Å²) >= 11 is 0. The lowest BCUT2D eigenvalue weighted by Gasteiger charge is -2.30. The molecular weight excluding hydrogens is 280 g/mol. The van der Waals surface area contributed by atoms with Gasteiger partial charge in [0.15, 0.2) is 11.9 Å². The van der Waals surface area contributed by atoms with Gasteiger partial charge in [0, 0.05) is 19.6 Å². The Morgan fingerprint density at radius 1 is 1.32 bits per heavy atom. The summed E-state index contributed by atoms with van der Waals surface area (Å²) in [5.41, 5.74) is 2.44. The zero-order chi connectivity index (χ0) is 14.9. The van der Waals surface area contributed by atoms with Crippen molar-refractivity contribution in [3.8, 4) is 0 Å². The fraction of sp³-hybridized carbons (Fsp3) is 0.500. The van der Waals surface area contributed by atoms with Gasteiger partial charge in [0.25, 0.3) is 5.89 Å². The number of aromatic nitrogens is 2. The first-order valence-corrected chi connectivity index (χ1v) is 7.77. The van der Waals surface area contributed by atoms with Crippen LogP contribution in [0.3, 0.4) is 0 Å². The van der Waals surface area contributed by atoms with Crippen molar-refractivity contribution in [2.24, 2.45) is 0 Å². The monoisotopic (exact) mass is 300 g/mol. The Morgan fingerprint density at radius 2 is 2.23 bits per heavy atom. The summed E-state index contributed by atoms with van der Waals surface area (Å²) in [4.78, 5) is 6.87. The molecule has 3 heterocycles. The number of nitrogens with one attached hydrogen (secondary N) is 1. The lowest BCUT2D eigenvalue weighted by molar-refractivity contribution is 0.0475. The zero-order valence-corrected chi connectivity index (χ0v) is 12.7. The molecule has 1 saturated heterocycles. The highest BCUT2D eigenvalue weighted by atomic mass is 16.5. The smallest absolute Gasteiger partial charge is 0.260 e. The molecule has 2 atom stereocenters. The second-order valence-corrected chi connectivity index (χ2v) is 5.89. The van der Waals surface area contributed by atoms with Gasteiger partial charge in [-0.1, -0.05) is 29.4 Å². The maximum Gasteiger partial charge on any atom is 0.260 e. The summed E-state index contributed by atoms with van der Waals surface area (Å²) in [7, 11) is 2.09. The molecule has 2 aromatic rings. The molecule has 0 aliphatic carbocycles. The van der Waals surface area contributed by atoms with E-state index in [0.717, 1.165) is 37.4 Å². The van der Waals surface area contributed by atoms with Crippen molar-refractivity contribution in [1.82, 2.24) is 20.4 Å². The van der Waals surface area contributed by atoms with E-state index in [1.165, 1.54) is 5.56 Å². The van der Waals surface area contributed by atoms with Gasteiger partial charge in [-0.3, -0.25) is 4.90 Å². The second-order valence-electron chi connectivity index (χ2n) is 5.89. The van der Waals surface area contributed by atoms with E-state index in [1.54, 1.807) is 0 Å². The first kappa shape index (κ1) is 13.9. The molecule has 0 saturated carbocycles. The quantitative estimate of drug-likeness (QED) is 0.902. The third kappa shape index (κ3) is 2.43. The Balaban J connectivity index is 1.62. The lowest BCUT2D eigenvalue weighted by Crippen LogP contribution is -2.44. The van der Waals surface area contributed by atoms with Gasteiger partial charge >= 0.3 is 0 Å². The molecule has 6 heteroatoms. The standard InChI is InChI=1S/C16H20N4O2/c1-20-8-7-17-10-13(20)15-18-16(22-19-15)14-12-5-3-2-4-11(12)6-9-21-14/h2-5,13-14,17H,6-10H2,1H3. The molecule has 4 rings (SSSR count). The van der Waals surface area contributed by atoms with Crippen molar-refractivity contribution in [2.75, 3.05) is 33.3 Å². The number of benzene rings is 1. The van der Waals surface area contributed by atoms with E-state index >= 15 is 0 Å². The van der Waals surface area contributed by atoms with Crippen LogP contribution in [0.2, 0.25) is 0 Å². The van der Waals surface area contributed by atoms with Crippen LogP contribution in [0, 0.1) is 0 Å². The van der Waals surface area contributed by atoms with Gasteiger partial charge in [0.2, 0.25) is 0 Å². The van der Waals surface area contributed by atoms with Gasteiger partial charge in [-0.2, -0.15) is 4.98 Å². The summed E-state index contributed by atoms with van der Waals surface area (Å²) in [6.45, 7) is 3.51. The van der Waals surface area contributed by atoms with Gasteiger partial charge in [-0.05, 0) is 24.6 Å². The van der Waals surface area contributed by atoms with Gasteiger partial charge in [0.05, 0.1) is 12.6 Å². The minimum Gasteiger partial charge on any atom is -0.363 e. The fourth-order valence-electron chi connectivity index (χ4n) is 3.18. The average Bonchev–Trinajstić information content (AvgIpc) is 3.04. The molecular formula is C16H20N4O2. The molecule has 1 aromatic carbocycles. The number of rotatable bonds is 2. The molecule has 0 bridgehead atoms. The minimum absolute atomic E-state index is 0.157. The molecule has 2 aliphatic heterocycles. The Labute approximate surface area is 129 Å². The van der Waals surface area contributed by atoms with E-state index in [9.17, 15) is 0 Å². The number of hydrogen-bond acceptors (Lipinski definition) is 6. The third-order valence-corrected chi connectivity index (χ3v) is 4.48. The highest BCUT2D eigenvalue weighted by Crippen LogP contribution is 2.32. The predicted octanol–water partition coefficient (Wildman–Crippen LogP) is 1.31. The largest absolute Gasteiger partial charge is 0.363 e. The van der Waals surface area contributed by atoms with Crippen molar-refractivity contribution in [2.45, 2.75) is 18.6 Å². The number of likely N-dealkylation sites (N-methyl/N-ethyl adjacent to an activating group) is 1. The van der Waals surface area contributed by atoms with E-state index in [4.69, 9.17) is 9.26 Å². The van der Waals surface area contributed by atoms with Crippen LogP contribution in [-0.2, 0) is 11.2 Å². The van der Waals surface area contributed by atoms with Gasteiger partial charge in [0.1, 0.15) is 0 Å². The van der Waals surface area contributed by atoms with Crippen molar-refractivity contribution >= 4 is 0 Å². The number of fused-ring (bicyclic) bond motifs is 1. The van der Waals surface area contributed by atoms with Crippen LogP contribution < -0.4 is 5.32 Å². The van der Waals surface area contributed by atoms with Crippen LogP contribution >= 0.6 is 0 Å². The van der Waals surface area contributed by atoms with Crippen LogP contribution in [0.15, 0.2) is 28.8 Å². The summed E-state index contributed by atoms with van der Waals surface area (Å²) in [5, 5.41) is 7.56. The van der Waals surface area contributed by atoms with Gasteiger partial charge in [-0.15, -0.1) is 0 Å². The number of hydrogen-bond donors (Lipinski definition) is 1. The highest BCUT2D eigenvalue weighted by molar-refractivity contribution is 5.33. The molecule has 0 amide bonds. The Morgan fingerprint density at radius 3 is 3.14 bits per heavy atom. The molecule has 22 heavy (non-hydrogen) atoms. The van der Waals surface area contributed by atoms with Crippen LogP contribution in [0.5, 0.6) is 0 Å². The molecule has 1 fully saturated rings. The van der Waals surface area contributed by atoms with Gasteiger partial charge in [-0.25, -0.2) is 0 Å². The first-order chi connectivity index (χ1) is 10.8. The molecule has 6 nitrogen and oxygen atoms in total. The Kier molecular flexibility index (Phi) is 3.65. The Bertz CT molecular complexity index is 657. The van der Waals surface area contributed by atoms with Gasteiger partial charge < -0.3 is 14.6 Å². The van der Waals surface area contributed by atoms with Crippen molar-refractivity contribution in [3.63, 3.8) is 0 Å². The topological polar surface area (TPSA) is 63.4 Å². The number of ether oxygens (including phenoxy) is 1. The SMILES string of the molecule is CN1CCNCC1c1noc(C2OCCc3ccccc32)n1. The van der Waals surface area contributed by atoms with Crippen LogP contribution in [-0.4, -0.2) is 48.3 Å². The molecule has 1 aromatic heterocycles. The average molecular weight is 300 g/mol. The zero-order valence-electron chi connectivity index (χ0n) is 12.7. The second kappa shape index (κ2) is 5.79. The Hall–Kier alpha value is -1.76. The highest BCUT2D eigenvalue weighted by Gasteiger charge is 2.30. The van der Waals surface area contributed by atoms with Crippen molar-refractivity contribution in [1.29, 1.82) is 0 Å². The summed E-state index contributed by atoms with van der Waals surface area (Å²) in [6.07, 6.45) is 0.691. The number of nitrogens with zero attached hydrogens (tertiary/aromatic N) is 3. The molecule has 2 unspecified atom stereocenters. The van der Waals surface area contributed by atoms with Crippen molar-refractivity contribution < 1.29 is 9.26 Å². The maximum atomic E-state index is 5.89. The molecule has 2 aliphatic rings. The molecule has 116 valence electrons. The van der Waals surface area contributed by atoms with E-state index < -0.39 is 0 Å². The lowest BCUT2D eigenvalue weighted by atomic mass is 9.97. The first-order valence-electron chi connectivity index (χ1n) is 7.77. The molecule has 1 N–H and O–H groups in total. The third-order valence-electron chi connectivity index (χ3n) is 4.48. The maximum absolute atomic E-state index is 5.89. The predicted molar refractivity (Wildman–Crippen MR) is 80.5 cm³/mol. The van der Waals surface area contributed by atoms with E-state index in [0.29, 0.717) is 12.5 Å². The summed E-state index contributed by atoms with van der Waals surface area (Å²) in [6, 6.07) is 8.46. The van der Waals surface area contributed by atoms with E-state index in [2.05, 4.69) is 45.6 Å². The minimum atomic E-state index is -0.243. The fourth-order valence-corrected chi connectivity index (χ4v) is 3.18. The van der Waals surface area contributed by atoms with Crippen LogP contribution in [0.25, 0.3) is 0 Å². The molecule has 0 spiro atoms. The van der Waals surface area contributed by atoms with Crippen LogP contribution in [0.4, 0.5) is 0 Å². The molecule has 0 radical (unpaired) electrons. The normalized spacial score (nSPS) is 25.9. The number of piperazine rings is 1. The van der Waals surface area contributed by atoms with Crippen molar-refractivity contribution in [3.05, 3.63) is 47.1 Å². The summed E-state index contributed by atoms with van der Waals surface area (Å²) in [5.74, 6) is 1.29. The van der Waals surface area contributed by atoms with Crippen LogP contribution in [0.1, 0.15) is 35.0 Å². The van der Waals surface area contributed by atoms with E-state index in [1.807, 2.05) is 6.07 Å². The van der Waals surface area contributed by atoms with E-state index in [-0.39, 0.29) is 12.1 Å².